The van der Waals surface area contributed by atoms with Crippen LogP contribution in [0.5, 0.6) is 0 Å². The quantitative estimate of drug-likeness (QED) is 0.623. The molecule has 4 heteroatoms. The number of rotatable bonds is 3. The molecule has 0 radical (unpaired) electrons. The monoisotopic (exact) mass is 175 g/mol. The van der Waals surface area contributed by atoms with Crippen LogP contribution in [0.4, 0.5) is 0 Å². The van der Waals surface area contributed by atoms with E-state index in [1.807, 2.05) is 6.92 Å². The first-order valence-corrected chi connectivity index (χ1v) is 4.97. The molecule has 0 unspecified atom stereocenters. The van der Waals surface area contributed by atoms with Crippen molar-refractivity contribution < 1.29 is 9.67 Å². The SMILES string of the molecule is C[C@@H]1N[C@H](CCP=O)C[C@H]1O. The van der Waals surface area contributed by atoms with E-state index in [0.29, 0.717) is 12.2 Å². The van der Waals surface area contributed by atoms with E-state index in [4.69, 9.17) is 0 Å². The van der Waals surface area contributed by atoms with Gasteiger partial charge in [-0.3, -0.25) is 4.57 Å². The van der Waals surface area contributed by atoms with Gasteiger partial charge in [0.1, 0.15) is 0 Å². The summed E-state index contributed by atoms with van der Waals surface area (Å²) in [5.41, 5.74) is 0. The van der Waals surface area contributed by atoms with Gasteiger partial charge in [0, 0.05) is 18.2 Å². The molecule has 3 nitrogen and oxygen atoms in total. The molecule has 1 aliphatic heterocycles. The van der Waals surface area contributed by atoms with E-state index in [0.717, 1.165) is 12.8 Å². The van der Waals surface area contributed by atoms with E-state index in [1.165, 1.54) is 0 Å². The van der Waals surface area contributed by atoms with E-state index < -0.39 is 0 Å². The molecule has 1 rings (SSSR count). The van der Waals surface area contributed by atoms with Crippen molar-refractivity contribution in [2.75, 3.05) is 6.16 Å². The van der Waals surface area contributed by atoms with E-state index in [-0.39, 0.29) is 20.6 Å². The average Bonchev–Trinajstić information content (AvgIpc) is 2.28. The molecule has 1 saturated heterocycles. The summed E-state index contributed by atoms with van der Waals surface area (Å²) in [6.07, 6.45) is 2.17. The van der Waals surface area contributed by atoms with Gasteiger partial charge in [0.25, 0.3) is 0 Å². The Bertz CT molecular complexity index is 132. The van der Waals surface area contributed by atoms with Gasteiger partial charge in [0.05, 0.1) is 6.10 Å². The van der Waals surface area contributed by atoms with E-state index >= 15 is 0 Å². The molecule has 0 aromatic rings. The Labute approximate surface area is 68.4 Å². The van der Waals surface area contributed by atoms with E-state index in [1.54, 1.807) is 0 Å². The highest BCUT2D eigenvalue weighted by atomic mass is 31.1. The third-order valence-corrected chi connectivity index (χ3v) is 2.61. The van der Waals surface area contributed by atoms with Crippen LogP contribution in [0.1, 0.15) is 19.8 Å². The van der Waals surface area contributed by atoms with Gasteiger partial charge in [0.2, 0.25) is 0 Å². The fourth-order valence-corrected chi connectivity index (χ4v) is 1.87. The summed E-state index contributed by atoms with van der Waals surface area (Å²) in [6.45, 7) is 1.97. The molecule has 0 aliphatic carbocycles. The molecule has 0 saturated carbocycles. The Morgan fingerprint density at radius 3 is 2.91 bits per heavy atom. The molecule has 0 aromatic heterocycles. The zero-order valence-corrected chi connectivity index (χ0v) is 7.55. The van der Waals surface area contributed by atoms with Crippen molar-refractivity contribution in [3.8, 4) is 0 Å². The zero-order valence-electron chi connectivity index (χ0n) is 6.66. The molecule has 3 atom stereocenters. The van der Waals surface area contributed by atoms with Crippen LogP contribution >= 0.6 is 8.46 Å². The molecular formula is C7H14NO2P. The minimum atomic E-state index is -0.219. The van der Waals surface area contributed by atoms with Gasteiger partial charge >= 0.3 is 0 Å². The second-order valence-electron chi connectivity index (χ2n) is 3.10. The van der Waals surface area contributed by atoms with Gasteiger partial charge in [-0.1, -0.05) is 0 Å². The minimum absolute atomic E-state index is 0.198. The molecule has 1 aliphatic rings. The average molecular weight is 175 g/mol. The number of hydrogen-bond acceptors (Lipinski definition) is 3. The molecule has 2 N–H and O–H groups in total. The van der Waals surface area contributed by atoms with Crippen LogP contribution in [0.15, 0.2) is 0 Å². The first kappa shape index (κ1) is 9.11. The third-order valence-electron chi connectivity index (χ3n) is 2.17. The molecule has 0 amide bonds. The predicted octanol–water partition coefficient (Wildman–Crippen LogP) is 0.779. The van der Waals surface area contributed by atoms with E-state index in [9.17, 15) is 9.67 Å². The van der Waals surface area contributed by atoms with Crippen LogP contribution < -0.4 is 5.32 Å². The Morgan fingerprint density at radius 1 is 1.73 bits per heavy atom. The summed E-state index contributed by atoms with van der Waals surface area (Å²) >= 11 is 0. The highest BCUT2D eigenvalue weighted by Gasteiger charge is 2.27. The first-order chi connectivity index (χ1) is 5.24. The number of hydrogen-bond donors (Lipinski definition) is 2. The lowest BCUT2D eigenvalue weighted by Crippen LogP contribution is -2.30. The lowest BCUT2D eigenvalue weighted by Gasteiger charge is -2.08. The van der Waals surface area contributed by atoms with Crippen molar-refractivity contribution in [1.82, 2.24) is 5.32 Å². The third kappa shape index (κ3) is 2.51. The highest BCUT2D eigenvalue weighted by Crippen LogP contribution is 2.16. The maximum Gasteiger partial charge on any atom is 0.155 e. The van der Waals surface area contributed by atoms with Gasteiger partial charge < -0.3 is 10.4 Å². The summed E-state index contributed by atoms with van der Waals surface area (Å²) in [5.74, 6) is 0. The van der Waals surface area contributed by atoms with Gasteiger partial charge in [-0.25, -0.2) is 0 Å². The Balaban J connectivity index is 2.23. The minimum Gasteiger partial charge on any atom is -0.391 e. The molecule has 0 bridgehead atoms. The molecule has 1 fully saturated rings. The number of aliphatic hydroxyl groups is 1. The predicted molar refractivity (Wildman–Crippen MR) is 44.1 cm³/mol. The Morgan fingerprint density at radius 2 is 2.45 bits per heavy atom. The smallest absolute Gasteiger partial charge is 0.155 e. The van der Waals surface area contributed by atoms with Gasteiger partial charge in [-0.2, -0.15) is 0 Å². The lowest BCUT2D eigenvalue weighted by atomic mass is 10.1. The highest BCUT2D eigenvalue weighted by molar-refractivity contribution is 7.23. The van der Waals surface area contributed by atoms with Crippen molar-refractivity contribution in [3.05, 3.63) is 0 Å². The molecule has 0 aromatic carbocycles. The van der Waals surface area contributed by atoms with Gasteiger partial charge in [-0.15, -0.1) is 0 Å². The van der Waals surface area contributed by atoms with Crippen LogP contribution in [0, 0.1) is 0 Å². The van der Waals surface area contributed by atoms with Gasteiger partial charge in [0.15, 0.2) is 8.46 Å². The molecule has 1 heterocycles. The Kier molecular flexibility index (Phi) is 3.44. The van der Waals surface area contributed by atoms with Crippen LogP contribution in [0.2, 0.25) is 0 Å². The van der Waals surface area contributed by atoms with E-state index in [2.05, 4.69) is 5.32 Å². The standard InChI is InChI=1S/C7H14NO2P/c1-5-7(9)4-6(8-5)2-3-11-10/h5-9H,2-4H2,1H3/t5-,6+,7+/m0/s1. The van der Waals surface area contributed by atoms with Crippen molar-refractivity contribution in [1.29, 1.82) is 0 Å². The van der Waals surface area contributed by atoms with Crippen LogP contribution in [-0.2, 0) is 4.57 Å². The van der Waals surface area contributed by atoms with Crippen LogP contribution in [0.25, 0.3) is 0 Å². The van der Waals surface area contributed by atoms with Crippen LogP contribution in [0.3, 0.4) is 0 Å². The first-order valence-electron chi connectivity index (χ1n) is 3.97. The maximum atomic E-state index is 10.1. The number of nitrogens with one attached hydrogen (secondary N) is 1. The normalized spacial score (nSPS) is 38.2. The summed E-state index contributed by atoms with van der Waals surface area (Å²) in [5, 5.41) is 12.6. The maximum absolute atomic E-state index is 10.1. The summed E-state index contributed by atoms with van der Waals surface area (Å²) in [6, 6.07) is 0.560. The second-order valence-corrected chi connectivity index (χ2v) is 3.80. The summed E-state index contributed by atoms with van der Waals surface area (Å²) < 4.78 is 10.1. The molecule has 11 heavy (non-hydrogen) atoms. The van der Waals surface area contributed by atoms with Crippen molar-refractivity contribution in [3.63, 3.8) is 0 Å². The van der Waals surface area contributed by atoms with Crippen molar-refractivity contribution in [2.45, 2.75) is 38.0 Å². The molecule has 64 valence electrons. The second kappa shape index (κ2) is 4.15. The van der Waals surface area contributed by atoms with Gasteiger partial charge in [-0.05, 0) is 19.8 Å². The zero-order chi connectivity index (χ0) is 8.27. The van der Waals surface area contributed by atoms with Crippen LogP contribution in [-0.4, -0.2) is 29.5 Å². The van der Waals surface area contributed by atoms with Crippen molar-refractivity contribution in [2.24, 2.45) is 0 Å². The fraction of sp³-hybridized carbons (Fsp3) is 1.00. The molecule has 0 spiro atoms. The van der Waals surface area contributed by atoms with Crippen molar-refractivity contribution >= 4 is 8.46 Å². The number of aliphatic hydroxyl groups excluding tert-OH is 1. The Hall–Kier alpha value is 0.0200. The lowest BCUT2D eigenvalue weighted by molar-refractivity contribution is 0.164. The topological polar surface area (TPSA) is 49.3 Å². The molecular weight excluding hydrogens is 161 g/mol. The fourth-order valence-electron chi connectivity index (χ4n) is 1.46. The summed E-state index contributed by atoms with van der Waals surface area (Å²) in [7, 11) is 0.208. The largest absolute Gasteiger partial charge is 0.391 e. The summed E-state index contributed by atoms with van der Waals surface area (Å²) in [4.78, 5) is 0.